The summed E-state index contributed by atoms with van der Waals surface area (Å²) < 4.78 is 0.719. The van der Waals surface area contributed by atoms with Gasteiger partial charge in [0.05, 0.1) is 10.4 Å². The molecule has 2 unspecified atom stereocenters. The molecule has 0 radical (unpaired) electrons. The van der Waals surface area contributed by atoms with Crippen LogP contribution in [-0.4, -0.2) is 33.5 Å². The van der Waals surface area contributed by atoms with Crippen molar-refractivity contribution < 1.29 is 9.90 Å². The molecular formula is C19H17ClN2O2S. The number of fused-ring (bicyclic) bond motifs is 1. The van der Waals surface area contributed by atoms with Crippen molar-refractivity contribution in [2.45, 2.75) is 24.9 Å². The molecule has 4 rings (SSSR count). The summed E-state index contributed by atoms with van der Waals surface area (Å²) in [5.41, 5.74) is 1.09. The quantitative estimate of drug-likeness (QED) is 0.727. The maximum absolute atomic E-state index is 11.7. The second-order valence-electron chi connectivity index (χ2n) is 6.26. The number of hydrogen-bond acceptors (Lipinski definition) is 4. The summed E-state index contributed by atoms with van der Waals surface area (Å²) in [7, 11) is 0. The van der Waals surface area contributed by atoms with Gasteiger partial charge in [-0.1, -0.05) is 23.7 Å². The first-order valence-corrected chi connectivity index (χ1v) is 9.40. The van der Waals surface area contributed by atoms with Gasteiger partial charge in [-0.05, 0) is 48.1 Å². The zero-order chi connectivity index (χ0) is 17.4. The average molecular weight is 373 g/mol. The number of halogens is 1. The molecule has 0 aliphatic carbocycles. The van der Waals surface area contributed by atoms with E-state index in [1.807, 2.05) is 30.5 Å². The molecule has 1 aromatic carbocycles. The third kappa shape index (κ3) is 3.15. The first-order valence-electron chi connectivity index (χ1n) is 8.21. The van der Waals surface area contributed by atoms with Gasteiger partial charge in [0.2, 0.25) is 0 Å². The number of nitrogens with zero attached hydrogens (tertiary/aromatic N) is 2. The Labute approximate surface area is 154 Å². The lowest BCUT2D eigenvalue weighted by atomic mass is 9.99. The van der Waals surface area contributed by atoms with Crippen molar-refractivity contribution in [2.75, 3.05) is 6.54 Å². The van der Waals surface area contributed by atoms with Gasteiger partial charge in [-0.2, -0.15) is 0 Å². The van der Waals surface area contributed by atoms with Crippen molar-refractivity contribution in [1.29, 1.82) is 0 Å². The van der Waals surface area contributed by atoms with Crippen LogP contribution in [0.4, 0.5) is 0 Å². The lowest BCUT2D eigenvalue weighted by Crippen LogP contribution is -2.39. The molecular weight excluding hydrogens is 356 g/mol. The molecule has 1 saturated heterocycles. The van der Waals surface area contributed by atoms with E-state index >= 15 is 0 Å². The standard InChI is InChI=1S/C19H17ClN2O2S/c20-17-6-5-16(25-17)18(22-9-1-2-15(22)19(23)24)13-3-4-14-11-21-8-7-12(14)10-13/h3-8,10-11,15,18H,1-2,9H2,(H,23,24). The van der Waals surface area contributed by atoms with Crippen LogP contribution in [-0.2, 0) is 4.79 Å². The molecule has 2 aromatic heterocycles. The molecule has 0 spiro atoms. The molecule has 25 heavy (non-hydrogen) atoms. The molecule has 6 heteroatoms. The summed E-state index contributed by atoms with van der Waals surface area (Å²) in [5, 5.41) is 11.8. The second-order valence-corrected chi connectivity index (χ2v) is 8.01. The average Bonchev–Trinajstić information content (AvgIpc) is 3.25. The van der Waals surface area contributed by atoms with E-state index in [1.165, 1.54) is 11.3 Å². The summed E-state index contributed by atoms with van der Waals surface area (Å²) in [4.78, 5) is 19.0. The van der Waals surface area contributed by atoms with Crippen LogP contribution in [0.5, 0.6) is 0 Å². The number of aliphatic carboxylic acids is 1. The van der Waals surface area contributed by atoms with Crippen LogP contribution in [0.2, 0.25) is 4.34 Å². The minimum Gasteiger partial charge on any atom is -0.480 e. The molecule has 1 aliphatic heterocycles. The van der Waals surface area contributed by atoms with Crippen molar-refractivity contribution in [3.63, 3.8) is 0 Å². The number of rotatable bonds is 4. The highest BCUT2D eigenvalue weighted by atomic mass is 35.5. The van der Waals surface area contributed by atoms with Crippen molar-refractivity contribution in [3.8, 4) is 0 Å². The topological polar surface area (TPSA) is 53.4 Å². The van der Waals surface area contributed by atoms with Gasteiger partial charge in [-0.25, -0.2) is 0 Å². The largest absolute Gasteiger partial charge is 0.480 e. The number of carboxylic acids is 1. The third-order valence-corrected chi connectivity index (χ3v) is 6.04. The number of carbonyl (C=O) groups is 1. The predicted molar refractivity (Wildman–Crippen MR) is 100 cm³/mol. The second kappa shape index (κ2) is 6.75. The fourth-order valence-electron chi connectivity index (χ4n) is 3.63. The fraction of sp³-hybridized carbons (Fsp3) is 0.263. The van der Waals surface area contributed by atoms with E-state index in [2.05, 4.69) is 22.0 Å². The molecule has 1 aliphatic rings. The predicted octanol–water partition coefficient (Wildman–Crippen LogP) is 4.59. The van der Waals surface area contributed by atoms with Gasteiger partial charge in [0.15, 0.2) is 0 Å². The Morgan fingerprint density at radius 1 is 1.28 bits per heavy atom. The Morgan fingerprint density at radius 2 is 2.16 bits per heavy atom. The summed E-state index contributed by atoms with van der Waals surface area (Å²) in [6.07, 6.45) is 5.19. The van der Waals surface area contributed by atoms with Gasteiger partial charge < -0.3 is 5.11 Å². The van der Waals surface area contributed by atoms with Gasteiger partial charge in [-0.3, -0.25) is 14.7 Å². The Balaban J connectivity index is 1.83. The molecule has 3 aromatic rings. The highest BCUT2D eigenvalue weighted by Gasteiger charge is 2.37. The number of hydrogen-bond donors (Lipinski definition) is 1. The van der Waals surface area contributed by atoms with Crippen LogP contribution < -0.4 is 0 Å². The fourth-order valence-corrected chi connectivity index (χ4v) is 4.84. The SMILES string of the molecule is O=C(O)C1CCCN1C(c1ccc2cnccc2c1)c1ccc(Cl)s1. The maximum atomic E-state index is 11.7. The van der Waals surface area contributed by atoms with Crippen LogP contribution in [0, 0.1) is 0 Å². The van der Waals surface area contributed by atoms with Crippen LogP contribution in [0.25, 0.3) is 10.8 Å². The van der Waals surface area contributed by atoms with E-state index < -0.39 is 12.0 Å². The Kier molecular flexibility index (Phi) is 4.46. The first kappa shape index (κ1) is 16.5. The summed E-state index contributed by atoms with van der Waals surface area (Å²) in [5.74, 6) is -0.754. The highest BCUT2D eigenvalue weighted by Crippen LogP contribution is 2.39. The van der Waals surface area contributed by atoms with Crippen LogP contribution >= 0.6 is 22.9 Å². The summed E-state index contributed by atoms with van der Waals surface area (Å²) in [6, 6.07) is 11.6. The number of thiophene rings is 1. The van der Waals surface area contributed by atoms with Gasteiger partial charge in [0, 0.05) is 29.2 Å². The van der Waals surface area contributed by atoms with Crippen LogP contribution in [0.15, 0.2) is 48.8 Å². The maximum Gasteiger partial charge on any atom is 0.320 e. The van der Waals surface area contributed by atoms with Crippen LogP contribution in [0.1, 0.15) is 29.3 Å². The van der Waals surface area contributed by atoms with Gasteiger partial charge in [0.1, 0.15) is 6.04 Å². The Hall–Kier alpha value is -1.95. The molecule has 0 amide bonds. The third-order valence-electron chi connectivity index (χ3n) is 4.75. The van der Waals surface area contributed by atoms with E-state index in [0.717, 1.165) is 38.5 Å². The van der Waals surface area contributed by atoms with Gasteiger partial charge in [-0.15, -0.1) is 11.3 Å². The number of aromatic nitrogens is 1. The molecule has 0 saturated carbocycles. The zero-order valence-corrected chi connectivity index (χ0v) is 15.0. The van der Waals surface area contributed by atoms with Crippen molar-refractivity contribution in [1.82, 2.24) is 9.88 Å². The molecule has 4 nitrogen and oxygen atoms in total. The number of carboxylic acid groups (broad SMARTS) is 1. The zero-order valence-electron chi connectivity index (χ0n) is 13.4. The monoisotopic (exact) mass is 372 g/mol. The molecule has 1 fully saturated rings. The van der Waals surface area contributed by atoms with Gasteiger partial charge >= 0.3 is 5.97 Å². The van der Waals surface area contributed by atoms with E-state index in [4.69, 9.17) is 11.6 Å². The summed E-state index contributed by atoms with van der Waals surface area (Å²) in [6.45, 7) is 0.769. The number of benzene rings is 1. The lowest BCUT2D eigenvalue weighted by Gasteiger charge is -2.31. The molecule has 128 valence electrons. The van der Waals surface area contributed by atoms with Crippen LogP contribution in [0.3, 0.4) is 0 Å². The number of likely N-dealkylation sites (tertiary alicyclic amines) is 1. The van der Waals surface area contributed by atoms with Crippen molar-refractivity contribution >= 4 is 39.7 Å². The Morgan fingerprint density at radius 3 is 2.92 bits per heavy atom. The molecule has 2 atom stereocenters. The molecule has 0 bridgehead atoms. The minimum atomic E-state index is -0.754. The normalized spacial score (nSPS) is 19.3. The molecule has 1 N–H and O–H groups in total. The highest BCUT2D eigenvalue weighted by molar-refractivity contribution is 7.16. The van der Waals surface area contributed by atoms with Crippen molar-refractivity contribution in [3.05, 3.63) is 63.6 Å². The lowest BCUT2D eigenvalue weighted by molar-refractivity contribution is -0.142. The minimum absolute atomic E-state index is 0.0985. The van der Waals surface area contributed by atoms with Gasteiger partial charge in [0.25, 0.3) is 0 Å². The van der Waals surface area contributed by atoms with E-state index in [9.17, 15) is 9.90 Å². The van der Waals surface area contributed by atoms with E-state index in [1.54, 1.807) is 6.20 Å². The van der Waals surface area contributed by atoms with E-state index in [-0.39, 0.29) is 6.04 Å². The smallest absolute Gasteiger partial charge is 0.320 e. The molecule has 3 heterocycles. The summed E-state index contributed by atoms with van der Waals surface area (Å²) >= 11 is 7.68. The van der Waals surface area contributed by atoms with E-state index in [0.29, 0.717) is 6.42 Å². The van der Waals surface area contributed by atoms with Crippen molar-refractivity contribution in [2.24, 2.45) is 0 Å². The number of pyridine rings is 1. The Bertz CT molecular complexity index is 926. The first-order chi connectivity index (χ1) is 12.1.